The zero-order valence-corrected chi connectivity index (χ0v) is 18.0. The fraction of sp³-hybridized carbons (Fsp3) is 0.667. The van der Waals surface area contributed by atoms with Crippen molar-refractivity contribution < 1.29 is 19.4 Å². The van der Waals surface area contributed by atoms with Crippen LogP contribution in [-0.2, 0) is 21.4 Å². The molecule has 2 N–H and O–H groups in total. The molecule has 0 bridgehead atoms. The Hall–Kier alpha value is -2.19. The summed E-state index contributed by atoms with van der Waals surface area (Å²) in [6, 6.07) is -0.354. The van der Waals surface area contributed by atoms with Crippen LogP contribution in [0.5, 0.6) is 0 Å². The number of carbonyl (C=O) groups is 2. The van der Waals surface area contributed by atoms with Crippen molar-refractivity contribution in [3.8, 4) is 0 Å². The van der Waals surface area contributed by atoms with Crippen molar-refractivity contribution in [3.05, 3.63) is 23.0 Å². The smallest absolute Gasteiger partial charge is 0.246 e. The van der Waals surface area contributed by atoms with E-state index < -0.39 is 11.2 Å². The van der Waals surface area contributed by atoms with Crippen LogP contribution in [0.3, 0.4) is 0 Å². The fourth-order valence-electron chi connectivity index (χ4n) is 4.28. The Morgan fingerprint density at radius 3 is 2.52 bits per heavy atom. The molecule has 1 aromatic rings. The minimum Gasteiger partial charge on any atom is -0.386 e. The number of piperidine rings is 1. The van der Waals surface area contributed by atoms with Crippen LogP contribution in [0.2, 0.25) is 0 Å². The van der Waals surface area contributed by atoms with Crippen molar-refractivity contribution in [2.75, 3.05) is 19.7 Å². The van der Waals surface area contributed by atoms with E-state index in [2.05, 4.69) is 10.4 Å². The van der Waals surface area contributed by atoms with Crippen LogP contribution < -0.4 is 5.32 Å². The van der Waals surface area contributed by atoms with Gasteiger partial charge in [0.05, 0.1) is 23.9 Å². The molecule has 1 aromatic heterocycles. The normalized spacial score (nSPS) is 26.8. The molecule has 0 saturated carbocycles. The number of hydrogen-bond donors (Lipinski definition) is 2. The van der Waals surface area contributed by atoms with Crippen LogP contribution in [0.1, 0.15) is 50.1 Å². The van der Waals surface area contributed by atoms with Gasteiger partial charge in [0.15, 0.2) is 0 Å². The van der Waals surface area contributed by atoms with Crippen LogP contribution >= 0.6 is 0 Å². The molecule has 2 fully saturated rings. The van der Waals surface area contributed by atoms with Crippen molar-refractivity contribution in [1.29, 1.82) is 0 Å². The number of aromatic nitrogens is 2. The molecular weight excluding hydrogens is 372 g/mol. The molecule has 160 valence electrons. The molecule has 0 aliphatic carbocycles. The number of nitrogens with zero attached hydrogens (tertiary/aromatic N) is 3. The second-order valence-electron chi connectivity index (χ2n) is 8.65. The highest BCUT2D eigenvalue weighted by Gasteiger charge is 2.48. The maximum atomic E-state index is 12.7. The molecular formula is C21H32N4O4. The van der Waals surface area contributed by atoms with Gasteiger partial charge >= 0.3 is 0 Å². The lowest BCUT2D eigenvalue weighted by molar-refractivity contribution is -0.193. The number of nitrogens with one attached hydrogen (secondary N) is 1. The van der Waals surface area contributed by atoms with Gasteiger partial charge in [-0.2, -0.15) is 5.10 Å². The maximum Gasteiger partial charge on any atom is 0.246 e. The van der Waals surface area contributed by atoms with Crippen LogP contribution in [0.4, 0.5) is 0 Å². The fourth-order valence-corrected chi connectivity index (χ4v) is 4.28. The molecule has 3 heterocycles. The summed E-state index contributed by atoms with van der Waals surface area (Å²) in [5.41, 5.74) is 1.40. The van der Waals surface area contributed by atoms with E-state index >= 15 is 0 Å². The number of aliphatic hydroxyl groups is 1. The summed E-state index contributed by atoms with van der Waals surface area (Å²) < 4.78 is 7.87. The van der Waals surface area contributed by atoms with Crippen molar-refractivity contribution in [1.82, 2.24) is 20.0 Å². The van der Waals surface area contributed by atoms with Crippen LogP contribution in [0.25, 0.3) is 6.08 Å². The van der Waals surface area contributed by atoms with Gasteiger partial charge in [-0.1, -0.05) is 0 Å². The van der Waals surface area contributed by atoms with Gasteiger partial charge in [-0.3, -0.25) is 14.3 Å². The zero-order chi connectivity index (χ0) is 21.4. The molecule has 8 nitrogen and oxygen atoms in total. The lowest BCUT2D eigenvalue weighted by Crippen LogP contribution is -2.63. The topological polar surface area (TPSA) is 96.7 Å². The van der Waals surface area contributed by atoms with Gasteiger partial charge in [-0.05, 0) is 46.1 Å². The SMILES string of the molecule is CC(=O)N[C@H]1CC2(CCN(C(=O)/C=C/c3c(C)nn(C)c3C)CC2)OC[C@]1(C)O. The number of likely N-dealkylation sites (tertiary alicyclic amines) is 1. The molecule has 29 heavy (non-hydrogen) atoms. The Morgan fingerprint density at radius 2 is 1.97 bits per heavy atom. The van der Waals surface area contributed by atoms with E-state index in [1.165, 1.54) is 6.92 Å². The van der Waals surface area contributed by atoms with E-state index in [-0.39, 0.29) is 24.5 Å². The number of hydrogen-bond acceptors (Lipinski definition) is 5. The Bertz CT molecular complexity index is 819. The first-order chi connectivity index (χ1) is 13.5. The molecule has 3 rings (SSSR count). The number of ether oxygens (including phenoxy) is 1. The highest BCUT2D eigenvalue weighted by Crippen LogP contribution is 2.38. The van der Waals surface area contributed by atoms with Crippen molar-refractivity contribution >= 4 is 17.9 Å². The molecule has 2 aliphatic rings. The van der Waals surface area contributed by atoms with E-state index in [1.54, 1.807) is 13.0 Å². The number of carbonyl (C=O) groups excluding carboxylic acids is 2. The van der Waals surface area contributed by atoms with Gasteiger partial charge in [0.1, 0.15) is 5.60 Å². The van der Waals surface area contributed by atoms with Crippen molar-refractivity contribution in [3.63, 3.8) is 0 Å². The van der Waals surface area contributed by atoms with Crippen LogP contribution in [0.15, 0.2) is 6.08 Å². The average molecular weight is 405 g/mol. The Balaban J connectivity index is 1.62. The van der Waals surface area contributed by atoms with Crippen LogP contribution in [-0.4, -0.2) is 68.5 Å². The summed E-state index contributed by atoms with van der Waals surface area (Å²) in [6.07, 6.45) is 5.37. The monoisotopic (exact) mass is 404 g/mol. The van der Waals surface area contributed by atoms with Crippen molar-refractivity contribution in [2.45, 2.75) is 64.2 Å². The summed E-state index contributed by atoms with van der Waals surface area (Å²) in [5.74, 6) is -0.185. The first-order valence-corrected chi connectivity index (χ1v) is 10.1. The van der Waals surface area contributed by atoms with E-state index in [9.17, 15) is 14.7 Å². The lowest BCUT2D eigenvalue weighted by Gasteiger charge is -2.50. The number of aryl methyl sites for hydroxylation is 2. The minimum absolute atomic E-state index is 0.0243. The number of amides is 2. The van der Waals surface area contributed by atoms with Gasteiger partial charge in [0.2, 0.25) is 11.8 Å². The molecule has 2 amide bonds. The van der Waals surface area contributed by atoms with Gasteiger partial charge < -0.3 is 20.1 Å². The Labute approximate surface area is 171 Å². The molecule has 2 aliphatic heterocycles. The molecule has 8 heteroatoms. The summed E-state index contributed by atoms with van der Waals surface area (Å²) in [4.78, 5) is 26.0. The summed E-state index contributed by atoms with van der Waals surface area (Å²) in [6.45, 7) is 8.40. The second kappa shape index (κ2) is 7.91. The molecule has 2 saturated heterocycles. The first kappa shape index (κ1) is 21.5. The average Bonchev–Trinajstić information content (AvgIpc) is 2.89. The highest BCUT2D eigenvalue weighted by atomic mass is 16.5. The second-order valence-corrected chi connectivity index (χ2v) is 8.65. The highest BCUT2D eigenvalue weighted by molar-refractivity contribution is 5.92. The van der Waals surface area contributed by atoms with E-state index in [1.807, 2.05) is 36.6 Å². The lowest BCUT2D eigenvalue weighted by atomic mass is 9.77. The third-order valence-electron chi connectivity index (χ3n) is 6.32. The summed E-state index contributed by atoms with van der Waals surface area (Å²) >= 11 is 0. The first-order valence-electron chi connectivity index (χ1n) is 10.1. The molecule has 0 aromatic carbocycles. The third-order valence-corrected chi connectivity index (χ3v) is 6.32. The standard InChI is InChI=1S/C21H32N4O4/c1-14-17(15(2)24(5)23-14)6-7-19(27)25-10-8-21(9-11-25)12-18(22-16(3)26)20(4,28)13-29-21/h6-7,18,28H,8-13H2,1-5H3,(H,22,26)/b7-6+/t18-,20-/m0/s1. The van der Waals surface area contributed by atoms with E-state index in [0.29, 0.717) is 32.4 Å². The minimum atomic E-state index is -1.09. The maximum absolute atomic E-state index is 12.7. The summed E-state index contributed by atoms with van der Waals surface area (Å²) in [5, 5.41) is 17.8. The summed E-state index contributed by atoms with van der Waals surface area (Å²) in [7, 11) is 1.89. The molecule has 1 spiro atoms. The predicted octanol–water partition coefficient (Wildman–Crippen LogP) is 1.09. The predicted molar refractivity (Wildman–Crippen MR) is 109 cm³/mol. The van der Waals surface area contributed by atoms with Gasteiger partial charge in [0.25, 0.3) is 0 Å². The molecule has 0 unspecified atom stereocenters. The van der Waals surface area contributed by atoms with Gasteiger partial charge in [-0.15, -0.1) is 0 Å². The Kier molecular flexibility index (Phi) is 5.87. The molecule has 2 atom stereocenters. The Morgan fingerprint density at radius 1 is 1.31 bits per heavy atom. The van der Waals surface area contributed by atoms with Gasteiger partial charge in [-0.25, -0.2) is 0 Å². The third kappa shape index (κ3) is 4.53. The largest absolute Gasteiger partial charge is 0.386 e. The van der Waals surface area contributed by atoms with Crippen LogP contribution in [0, 0.1) is 13.8 Å². The van der Waals surface area contributed by atoms with E-state index in [0.717, 1.165) is 17.0 Å². The van der Waals surface area contributed by atoms with Gasteiger partial charge in [0, 0.05) is 44.4 Å². The molecule has 0 radical (unpaired) electrons. The quantitative estimate of drug-likeness (QED) is 0.735. The number of rotatable bonds is 3. The zero-order valence-electron chi connectivity index (χ0n) is 18.0. The van der Waals surface area contributed by atoms with E-state index in [4.69, 9.17) is 4.74 Å². The van der Waals surface area contributed by atoms with Crippen molar-refractivity contribution in [2.24, 2.45) is 7.05 Å².